The Bertz CT molecular complexity index is 440. The maximum Gasteiger partial charge on any atom is 0.249 e. The molecule has 1 aliphatic rings. The first-order valence-corrected chi connectivity index (χ1v) is 8.41. The highest BCUT2D eigenvalue weighted by Crippen LogP contribution is 2.13. The van der Waals surface area contributed by atoms with Crippen molar-refractivity contribution in [2.45, 2.75) is 45.3 Å². The number of nitrogens with one attached hydrogen (secondary N) is 1. The van der Waals surface area contributed by atoms with Crippen molar-refractivity contribution in [3.05, 3.63) is 35.9 Å². The first-order valence-electron chi connectivity index (χ1n) is 8.41. The van der Waals surface area contributed by atoms with Crippen LogP contribution < -0.4 is 5.32 Å². The SMILES string of the molecule is CCN(CC)[C@@H](CNC(=O)[C@@H]1CCCO1)Cc1ccccc1. The van der Waals surface area contributed by atoms with Gasteiger partial charge < -0.3 is 10.1 Å². The lowest BCUT2D eigenvalue weighted by Gasteiger charge is -2.30. The lowest BCUT2D eigenvalue weighted by Crippen LogP contribution is -2.47. The van der Waals surface area contributed by atoms with Crippen molar-refractivity contribution in [2.75, 3.05) is 26.2 Å². The number of nitrogens with zero attached hydrogens (tertiary/aromatic N) is 1. The van der Waals surface area contributed by atoms with Crippen LogP contribution in [-0.2, 0) is 16.0 Å². The van der Waals surface area contributed by atoms with Crippen LogP contribution in [0.25, 0.3) is 0 Å². The molecule has 0 saturated carbocycles. The van der Waals surface area contributed by atoms with Crippen LogP contribution in [0.2, 0.25) is 0 Å². The molecule has 1 aromatic carbocycles. The van der Waals surface area contributed by atoms with E-state index in [9.17, 15) is 4.79 Å². The van der Waals surface area contributed by atoms with E-state index in [0.29, 0.717) is 19.2 Å². The molecule has 0 bridgehead atoms. The molecular weight excluding hydrogens is 276 g/mol. The van der Waals surface area contributed by atoms with Crippen molar-refractivity contribution in [3.63, 3.8) is 0 Å². The van der Waals surface area contributed by atoms with Crippen molar-refractivity contribution in [1.82, 2.24) is 10.2 Å². The van der Waals surface area contributed by atoms with Gasteiger partial charge in [-0.3, -0.25) is 9.69 Å². The van der Waals surface area contributed by atoms with Crippen molar-refractivity contribution >= 4 is 5.91 Å². The van der Waals surface area contributed by atoms with Crippen LogP contribution in [0, 0.1) is 0 Å². The Labute approximate surface area is 133 Å². The summed E-state index contributed by atoms with van der Waals surface area (Å²) in [5.74, 6) is 0.0442. The molecular formula is C18H28N2O2. The molecule has 4 nitrogen and oxygen atoms in total. The zero-order chi connectivity index (χ0) is 15.8. The number of hydrogen-bond donors (Lipinski definition) is 1. The molecule has 1 aromatic rings. The number of likely N-dealkylation sites (N-methyl/N-ethyl adjacent to an activating group) is 1. The Kier molecular flexibility index (Phi) is 6.87. The Hall–Kier alpha value is -1.39. The van der Waals surface area contributed by atoms with Gasteiger partial charge in [-0.1, -0.05) is 44.2 Å². The van der Waals surface area contributed by atoms with Gasteiger partial charge in [0.15, 0.2) is 0 Å². The fourth-order valence-corrected chi connectivity index (χ4v) is 3.07. The minimum atomic E-state index is -0.242. The molecule has 2 rings (SSSR count). The van der Waals surface area contributed by atoms with E-state index in [-0.39, 0.29) is 12.0 Å². The van der Waals surface area contributed by atoms with Gasteiger partial charge in [0.2, 0.25) is 5.91 Å². The standard InChI is InChI=1S/C18H28N2O2/c1-3-20(4-2)16(13-15-9-6-5-7-10-15)14-19-18(21)17-11-8-12-22-17/h5-7,9-10,16-17H,3-4,8,11-14H2,1-2H3,(H,19,21)/t16-,17+/m1/s1. The highest BCUT2D eigenvalue weighted by molar-refractivity contribution is 5.80. The highest BCUT2D eigenvalue weighted by Gasteiger charge is 2.25. The molecule has 4 heteroatoms. The molecule has 2 atom stereocenters. The molecule has 0 spiro atoms. The summed E-state index contributed by atoms with van der Waals surface area (Å²) in [5, 5.41) is 3.09. The lowest BCUT2D eigenvalue weighted by atomic mass is 10.0. The van der Waals surface area contributed by atoms with Crippen molar-refractivity contribution in [3.8, 4) is 0 Å². The molecule has 0 radical (unpaired) electrons. The topological polar surface area (TPSA) is 41.6 Å². The molecule has 22 heavy (non-hydrogen) atoms. The number of carbonyl (C=O) groups excluding carboxylic acids is 1. The Balaban J connectivity index is 1.93. The Morgan fingerprint density at radius 1 is 1.32 bits per heavy atom. The molecule has 0 aromatic heterocycles. The van der Waals surface area contributed by atoms with E-state index in [1.807, 2.05) is 6.07 Å². The monoisotopic (exact) mass is 304 g/mol. The summed E-state index contributed by atoms with van der Waals surface area (Å²) in [4.78, 5) is 14.6. The summed E-state index contributed by atoms with van der Waals surface area (Å²) >= 11 is 0. The number of hydrogen-bond acceptors (Lipinski definition) is 3. The van der Waals surface area contributed by atoms with Crippen LogP contribution in [0.3, 0.4) is 0 Å². The van der Waals surface area contributed by atoms with Gasteiger partial charge in [0.1, 0.15) is 6.10 Å². The molecule has 1 heterocycles. The summed E-state index contributed by atoms with van der Waals surface area (Å²) in [6.45, 7) is 7.71. The molecule has 0 unspecified atom stereocenters. The van der Waals surface area contributed by atoms with Crippen LogP contribution in [0.15, 0.2) is 30.3 Å². The van der Waals surface area contributed by atoms with Gasteiger partial charge in [0.05, 0.1) is 0 Å². The molecule has 1 fully saturated rings. The highest BCUT2D eigenvalue weighted by atomic mass is 16.5. The normalized spacial score (nSPS) is 19.3. The summed E-state index contributed by atoms with van der Waals surface area (Å²) in [6.07, 6.45) is 2.55. The second-order valence-corrected chi connectivity index (χ2v) is 5.81. The first-order chi connectivity index (χ1) is 10.7. The third kappa shape index (κ3) is 4.82. The first kappa shape index (κ1) is 17.0. The summed E-state index contributed by atoms with van der Waals surface area (Å²) < 4.78 is 5.45. The van der Waals surface area contributed by atoms with Gasteiger partial charge in [0.25, 0.3) is 0 Å². The van der Waals surface area contributed by atoms with Gasteiger partial charge in [-0.15, -0.1) is 0 Å². The van der Waals surface area contributed by atoms with Gasteiger partial charge in [0, 0.05) is 19.2 Å². The number of benzene rings is 1. The number of amides is 1. The van der Waals surface area contributed by atoms with E-state index in [0.717, 1.165) is 32.4 Å². The number of rotatable bonds is 8. The van der Waals surface area contributed by atoms with E-state index in [1.165, 1.54) is 5.56 Å². The summed E-state index contributed by atoms with van der Waals surface area (Å²) in [6, 6.07) is 10.8. The van der Waals surface area contributed by atoms with Crippen LogP contribution in [0.1, 0.15) is 32.3 Å². The third-order valence-corrected chi connectivity index (χ3v) is 4.38. The average molecular weight is 304 g/mol. The van der Waals surface area contributed by atoms with Crippen LogP contribution in [0.4, 0.5) is 0 Å². The fraction of sp³-hybridized carbons (Fsp3) is 0.611. The minimum Gasteiger partial charge on any atom is -0.368 e. The predicted molar refractivity (Wildman–Crippen MR) is 88.8 cm³/mol. The maximum absolute atomic E-state index is 12.1. The molecule has 0 aliphatic carbocycles. The van der Waals surface area contributed by atoms with Crippen molar-refractivity contribution in [2.24, 2.45) is 0 Å². The second kappa shape index (κ2) is 8.91. The molecule has 1 aliphatic heterocycles. The van der Waals surface area contributed by atoms with Crippen molar-refractivity contribution < 1.29 is 9.53 Å². The van der Waals surface area contributed by atoms with E-state index in [4.69, 9.17) is 4.74 Å². The predicted octanol–water partition coefficient (Wildman–Crippen LogP) is 2.23. The van der Waals surface area contributed by atoms with E-state index < -0.39 is 0 Å². The van der Waals surface area contributed by atoms with Gasteiger partial charge in [-0.2, -0.15) is 0 Å². The van der Waals surface area contributed by atoms with E-state index in [2.05, 4.69) is 48.3 Å². The van der Waals surface area contributed by atoms with Crippen molar-refractivity contribution in [1.29, 1.82) is 0 Å². The summed E-state index contributed by atoms with van der Waals surface area (Å²) in [7, 11) is 0. The third-order valence-electron chi connectivity index (χ3n) is 4.38. The molecule has 122 valence electrons. The minimum absolute atomic E-state index is 0.0442. The van der Waals surface area contributed by atoms with Gasteiger partial charge in [-0.25, -0.2) is 0 Å². The molecule has 1 N–H and O–H groups in total. The smallest absolute Gasteiger partial charge is 0.249 e. The summed E-state index contributed by atoms with van der Waals surface area (Å²) in [5.41, 5.74) is 1.31. The molecule has 1 saturated heterocycles. The second-order valence-electron chi connectivity index (χ2n) is 5.81. The number of ether oxygens (including phenoxy) is 1. The quantitative estimate of drug-likeness (QED) is 0.801. The van der Waals surface area contributed by atoms with Crippen LogP contribution >= 0.6 is 0 Å². The zero-order valence-corrected chi connectivity index (χ0v) is 13.8. The van der Waals surface area contributed by atoms with E-state index in [1.54, 1.807) is 0 Å². The van der Waals surface area contributed by atoms with E-state index >= 15 is 0 Å². The largest absolute Gasteiger partial charge is 0.368 e. The van der Waals surface area contributed by atoms with Crippen LogP contribution in [-0.4, -0.2) is 49.2 Å². The molecule has 1 amide bonds. The lowest BCUT2D eigenvalue weighted by molar-refractivity contribution is -0.130. The Morgan fingerprint density at radius 3 is 2.64 bits per heavy atom. The number of carbonyl (C=O) groups is 1. The van der Waals surface area contributed by atoms with Crippen LogP contribution in [0.5, 0.6) is 0 Å². The maximum atomic E-state index is 12.1. The average Bonchev–Trinajstić information content (AvgIpc) is 3.08. The fourth-order valence-electron chi connectivity index (χ4n) is 3.07. The van der Waals surface area contributed by atoms with Gasteiger partial charge >= 0.3 is 0 Å². The van der Waals surface area contributed by atoms with Gasteiger partial charge in [-0.05, 0) is 37.9 Å². The Morgan fingerprint density at radius 2 is 2.05 bits per heavy atom. The zero-order valence-electron chi connectivity index (χ0n) is 13.8.